The van der Waals surface area contributed by atoms with Gasteiger partial charge >= 0.3 is 0 Å². The maximum absolute atomic E-state index is 2.86. The molecular weight excluding hydrogens is 307 g/mol. The van der Waals surface area contributed by atoms with Gasteiger partial charge in [0.2, 0.25) is 0 Å². The van der Waals surface area contributed by atoms with E-state index in [0.29, 0.717) is 5.92 Å². The summed E-state index contributed by atoms with van der Waals surface area (Å²) in [7, 11) is 2.86. The second kappa shape index (κ2) is 8.30. The van der Waals surface area contributed by atoms with Crippen LogP contribution in [0, 0.1) is 41.5 Å². The molecule has 0 heterocycles. The van der Waals surface area contributed by atoms with E-state index >= 15 is 0 Å². The van der Waals surface area contributed by atoms with Gasteiger partial charge in [0.15, 0.2) is 0 Å². The predicted octanol–water partition coefficient (Wildman–Crippen LogP) is 6.71. The van der Waals surface area contributed by atoms with Crippen LogP contribution < -0.4 is 0 Å². The predicted molar refractivity (Wildman–Crippen MR) is 112 cm³/mol. The molecule has 0 radical (unpaired) electrons. The van der Waals surface area contributed by atoms with Gasteiger partial charge < -0.3 is 0 Å². The number of benzene rings is 2. The molecule has 0 N–H and O–H groups in total. The summed E-state index contributed by atoms with van der Waals surface area (Å²) in [5, 5.41) is 0. The van der Waals surface area contributed by atoms with Gasteiger partial charge in [0.1, 0.15) is 0 Å². The summed E-state index contributed by atoms with van der Waals surface area (Å²) in [6, 6.07) is 9.35. The Hall–Kier alpha value is -1.13. The van der Waals surface area contributed by atoms with Crippen molar-refractivity contribution < 1.29 is 0 Å². The van der Waals surface area contributed by atoms with Crippen molar-refractivity contribution in [1.29, 1.82) is 0 Å². The zero-order valence-electron chi connectivity index (χ0n) is 16.3. The first-order valence-electron chi connectivity index (χ1n) is 9.22. The average molecular weight is 340 g/mol. The molecule has 2 rings (SSSR count). The highest BCUT2D eigenvalue weighted by atomic mass is 31.0. The molecule has 0 bridgehead atoms. The minimum Gasteiger partial charge on any atom is -0.138 e. The Balaban J connectivity index is 2.54. The molecule has 0 nitrogen and oxygen atoms in total. The van der Waals surface area contributed by atoms with Crippen molar-refractivity contribution in [2.45, 2.75) is 66.7 Å². The topological polar surface area (TPSA) is 0 Å². The molecular formula is C23H33P. The molecule has 1 unspecified atom stereocenters. The van der Waals surface area contributed by atoms with Crippen LogP contribution in [-0.4, -0.2) is 6.16 Å². The summed E-state index contributed by atoms with van der Waals surface area (Å²) < 4.78 is 0. The molecule has 0 amide bonds. The monoisotopic (exact) mass is 340 g/mol. The number of hydrogen-bond acceptors (Lipinski definition) is 0. The smallest absolute Gasteiger partial charge is 0.00947 e. The van der Waals surface area contributed by atoms with E-state index in [1.165, 1.54) is 69.9 Å². The van der Waals surface area contributed by atoms with Crippen LogP contribution in [-0.2, 0) is 0 Å². The van der Waals surface area contributed by atoms with Crippen molar-refractivity contribution >= 4 is 9.24 Å². The summed E-state index contributed by atoms with van der Waals surface area (Å²) in [6.07, 6.45) is 5.01. The van der Waals surface area contributed by atoms with Crippen LogP contribution in [0.15, 0.2) is 24.3 Å². The van der Waals surface area contributed by atoms with E-state index in [-0.39, 0.29) is 0 Å². The Morgan fingerprint density at radius 1 is 0.667 bits per heavy atom. The molecule has 0 aromatic heterocycles. The molecule has 130 valence electrons. The minimum absolute atomic E-state index is 0.514. The number of rotatable bonds is 6. The van der Waals surface area contributed by atoms with Crippen LogP contribution in [0.3, 0.4) is 0 Å². The van der Waals surface area contributed by atoms with Crippen molar-refractivity contribution in [2.75, 3.05) is 6.16 Å². The molecule has 0 aliphatic rings. The lowest BCUT2D eigenvalue weighted by molar-refractivity contribution is 0.647. The first-order chi connectivity index (χ1) is 11.4. The van der Waals surface area contributed by atoms with Crippen LogP contribution in [0.2, 0.25) is 0 Å². The quantitative estimate of drug-likeness (QED) is 0.405. The number of hydrogen-bond donors (Lipinski definition) is 0. The summed E-state index contributed by atoms with van der Waals surface area (Å²) >= 11 is 0. The van der Waals surface area contributed by atoms with E-state index in [0.717, 1.165) is 0 Å². The zero-order valence-corrected chi connectivity index (χ0v) is 17.4. The Bertz CT molecular complexity index is 655. The summed E-state index contributed by atoms with van der Waals surface area (Å²) in [5.74, 6) is 0.514. The third kappa shape index (κ3) is 3.92. The maximum atomic E-state index is 2.86. The van der Waals surface area contributed by atoms with Gasteiger partial charge in [0, 0.05) is 5.92 Å². The second-order valence-electron chi connectivity index (χ2n) is 7.28. The molecule has 0 saturated carbocycles. The lowest BCUT2D eigenvalue weighted by Gasteiger charge is -2.25. The SMILES string of the molecule is Cc1ccc(C(CCCCP)c2ccc(C)c(C)c2C)c(C)c1C. The highest BCUT2D eigenvalue weighted by molar-refractivity contribution is 7.16. The summed E-state index contributed by atoms with van der Waals surface area (Å²) in [5.41, 5.74) is 11.7. The van der Waals surface area contributed by atoms with Gasteiger partial charge in [-0.25, -0.2) is 0 Å². The van der Waals surface area contributed by atoms with Crippen LogP contribution in [0.4, 0.5) is 0 Å². The molecule has 2 aromatic rings. The lowest BCUT2D eigenvalue weighted by atomic mass is 9.80. The van der Waals surface area contributed by atoms with Crippen LogP contribution in [0.1, 0.15) is 69.7 Å². The molecule has 24 heavy (non-hydrogen) atoms. The van der Waals surface area contributed by atoms with E-state index in [1.54, 1.807) is 0 Å². The normalized spacial score (nSPS) is 11.3. The Labute approximate surface area is 151 Å². The van der Waals surface area contributed by atoms with Crippen LogP contribution in [0.25, 0.3) is 0 Å². The fourth-order valence-electron chi connectivity index (χ4n) is 3.68. The van der Waals surface area contributed by atoms with Gasteiger partial charge in [-0.05, 0) is 105 Å². The molecule has 2 aromatic carbocycles. The van der Waals surface area contributed by atoms with E-state index in [4.69, 9.17) is 0 Å². The molecule has 0 spiro atoms. The van der Waals surface area contributed by atoms with Gasteiger partial charge in [0.25, 0.3) is 0 Å². The van der Waals surface area contributed by atoms with Gasteiger partial charge in [-0.2, -0.15) is 0 Å². The first-order valence-corrected chi connectivity index (χ1v) is 10.0. The zero-order chi connectivity index (χ0) is 17.9. The van der Waals surface area contributed by atoms with Crippen molar-refractivity contribution in [3.05, 3.63) is 68.8 Å². The van der Waals surface area contributed by atoms with E-state index in [2.05, 4.69) is 75.0 Å². The van der Waals surface area contributed by atoms with Gasteiger partial charge in [-0.3, -0.25) is 0 Å². The summed E-state index contributed by atoms with van der Waals surface area (Å²) in [4.78, 5) is 0. The van der Waals surface area contributed by atoms with Crippen molar-refractivity contribution in [2.24, 2.45) is 0 Å². The van der Waals surface area contributed by atoms with Crippen molar-refractivity contribution in [1.82, 2.24) is 0 Å². The van der Waals surface area contributed by atoms with Gasteiger partial charge in [-0.15, -0.1) is 9.24 Å². The van der Waals surface area contributed by atoms with Gasteiger partial charge in [-0.1, -0.05) is 30.7 Å². The molecule has 0 fully saturated rings. The Morgan fingerprint density at radius 2 is 1.12 bits per heavy atom. The highest BCUT2D eigenvalue weighted by Gasteiger charge is 2.20. The number of unbranched alkanes of at least 4 members (excludes halogenated alkanes) is 1. The van der Waals surface area contributed by atoms with Crippen LogP contribution >= 0.6 is 9.24 Å². The minimum atomic E-state index is 0.514. The first kappa shape index (κ1) is 19.2. The Morgan fingerprint density at radius 3 is 1.54 bits per heavy atom. The van der Waals surface area contributed by atoms with Crippen molar-refractivity contribution in [3.63, 3.8) is 0 Å². The molecule has 1 atom stereocenters. The van der Waals surface area contributed by atoms with Crippen LogP contribution in [0.5, 0.6) is 0 Å². The highest BCUT2D eigenvalue weighted by Crippen LogP contribution is 2.36. The maximum Gasteiger partial charge on any atom is 0.00947 e. The molecule has 0 saturated heterocycles. The largest absolute Gasteiger partial charge is 0.138 e. The summed E-state index contributed by atoms with van der Waals surface area (Å²) in [6.45, 7) is 13.6. The standard InChI is InChI=1S/C23H33P/c1-15-10-12-21(19(5)17(15)3)23(9-7-8-14-24)22-13-11-16(2)18(4)20(22)6/h10-13,23H,7-9,14,24H2,1-6H3. The molecule has 0 aliphatic heterocycles. The fraction of sp³-hybridized carbons (Fsp3) is 0.478. The average Bonchev–Trinajstić information content (AvgIpc) is 2.56. The molecule has 0 aliphatic carbocycles. The van der Waals surface area contributed by atoms with E-state index < -0.39 is 0 Å². The molecule has 1 heteroatoms. The van der Waals surface area contributed by atoms with Crippen molar-refractivity contribution in [3.8, 4) is 0 Å². The van der Waals surface area contributed by atoms with E-state index in [9.17, 15) is 0 Å². The third-order valence-corrected chi connectivity index (χ3v) is 6.31. The third-order valence-electron chi connectivity index (χ3n) is 5.90. The Kier molecular flexibility index (Phi) is 6.64. The fourth-order valence-corrected chi connectivity index (χ4v) is 3.97. The van der Waals surface area contributed by atoms with E-state index in [1.807, 2.05) is 0 Å². The number of aryl methyl sites for hydroxylation is 2. The van der Waals surface area contributed by atoms with Gasteiger partial charge in [0.05, 0.1) is 0 Å². The lowest BCUT2D eigenvalue weighted by Crippen LogP contribution is -2.08. The second-order valence-corrected chi connectivity index (χ2v) is 7.86.